The zero-order valence-electron chi connectivity index (χ0n) is 19.3. The third-order valence-electron chi connectivity index (χ3n) is 5.95. The molecule has 0 aliphatic carbocycles. The van der Waals surface area contributed by atoms with E-state index in [0.29, 0.717) is 10.0 Å². The third kappa shape index (κ3) is 8.99. The molecule has 0 radical (unpaired) electrons. The van der Waals surface area contributed by atoms with Crippen molar-refractivity contribution in [2.45, 2.75) is 44.2 Å². The summed E-state index contributed by atoms with van der Waals surface area (Å²) < 4.78 is 37.0. The van der Waals surface area contributed by atoms with Gasteiger partial charge in [-0.25, -0.2) is 0 Å². The minimum Gasteiger partial charge on any atom is -0.317 e. The van der Waals surface area contributed by atoms with E-state index in [9.17, 15) is 18.0 Å². The normalized spacial score (nSPS) is 11.7. The molecule has 0 saturated carbocycles. The first-order chi connectivity index (χ1) is 16.7. The molecule has 3 aromatic carbocycles. The van der Waals surface area contributed by atoms with E-state index in [1.807, 2.05) is 36.4 Å². The van der Waals surface area contributed by atoms with Crippen LogP contribution in [0.5, 0.6) is 0 Å². The Balaban J connectivity index is 1.42. The number of hydrogen-bond donors (Lipinski definition) is 1. The molecule has 0 atom stereocenters. The molecule has 3 rings (SSSR count). The van der Waals surface area contributed by atoms with E-state index >= 15 is 0 Å². The summed E-state index contributed by atoms with van der Waals surface area (Å²) in [7, 11) is 0. The van der Waals surface area contributed by atoms with Crippen LogP contribution in [0, 0.1) is 0 Å². The third-order valence-corrected chi connectivity index (χ3v) is 6.46. The molecule has 2 nitrogen and oxygen atoms in total. The Kier molecular flexibility index (Phi) is 10.2. The van der Waals surface area contributed by atoms with Crippen LogP contribution < -0.4 is 5.32 Å². The van der Waals surface area contributed by atoms with Crippen molar-refractivity contribution in [1.82, 2.24) is 5.32 Å². The van der Waals surface area contributed by atoms with Gasteiger partial charge in [-0.15, -0.1) is 0 Å². The lowest BCUT2D eigenvalue weighted by atomic mass is 9.88. The zero-order valence-corrected chi connectivity index (χ0v) is 20.8. The molecule has 0 heterocycles. The second-order valence-electron chi connectivity index (χ2n) is 8.54. The summed E-state index contributed by atoms with van der Waals surface area (Å²) >= 11 is 12.1. The van der Waals surface area contributed by atoms with Crippen LogP contribution in [0.3, 0.4) is 0 Å². The molecule has 0 saturated heterocycles. The van der Waals surface area contributed by atoms with Gasteiger partial charge in [0.25, 0.3) is 0 Å². The fraction of sp³-hybridized carbons (Fsp3) is 0.321. The van der Waals surface area contributed by atoms with Crippen molar-refractivity contribution in [3.8, 4) is 0 Å². The van der Waals surface area contributed by atoms with Gasteiger partial charge in [0.15, 0.2) is 0 Å². The highest BCUT2D eigenvalue weighted by Gasteiger charge is 2.37. The predicted octanol–water partition coefficient (Wildman–Crippen LogP) is 7.80. The van der Waals surface area contributed by atoms with Crippen molar-refractivity contribution in [3.63, 3.8) is 0 Å². The van der Waals surface area contributed by atoms with Gasteiger partial charge in [-0.05, 0) is 85.3 Å². The van der Waals surface area contributed by atoms with Crippen LogP contribution in [0.15, 0.2) is 72.8 Å². The standard InChI is InChI=1S/C28H28Cl2F3NO/c29-24-12-8-22(9-13-24)26(23-10-14-25(30)15-11-23)17-19-34-18-1-2-20-3-5-21(6-4-20)7-16-27(35)28(31,32)33/h3-6,8-15,26,34H,1-2,7,16-19H2. The Morgan fingerprint density at radius 2 is 1.23 bits per heavy atom. The van der Waals surface area contributed by atoms with Crippen LogP contribution in [0.25, 0.3) is 0 Å². The summed E-state index contributed by atoms with van der Waals surface area (Å²) in [5.41, 5.74) is 4.27. The molecule has 0 spiro atoms. The van der Waals surface area contributed by atoms with Crippen molar-refractivity contribution in [2.75, 3.05) is 13.1 Å². The number of Topliss-reactive ketones (excluding diaryl/α,β-unsaturated/α-hetero) is 1. The number of nitrogens with one attached hydrogen (secondary N) is 1. The Labute approximate surface area is 214 Å². The van der Waals surface area contributed by atoms with E-state index in [2.05, 4.69) is 29.6 Å². The lowest BCUT2D eigenvalue weighted by Crippen LogP contribution is -2.22. The van der Waals surface area contributed by atoms with Crippen molar-refractivity contribution in [3.05, 3.63) is 105 Å². The van der Waals surface area contributed by atoms with Crippen LogP contribution in [-0.2, 0) is 17.6 Å². The monoisotopic (exact) mass is 521 g/mol. The van der Waals surface area contributed by atoms with Gasteiger partial charge in [-0.2, -0.15) is 13.2 Å². The van der Waals surface area contributed by atoms with Gasteiger partial charge in [0.05, 0.1) is 0 Å². The van der Waals surface area contributed by atoms with Gasteiger partial charge < -0.3 is 5.32 Å². The van der Waals surface area contributed by atoms with Crippen molar-refractivity contribution in [2.24, 2.45) is 0 Å². The zero-order chi connectivity index (χ0) is 25.3. The van der Waals surface area contributed by atoms with Crippen molar-refractivity contribution < 1.29 is 18.0 Å². The summed E-state index contributed by atoms with van der Waals surface area (Å²) in [6, 6.07) is 23.3. The predicted molar refractivity (Wildman–Crippen MR) is 136 cm³/mol. The molecule has 0 unspecified atom stereocenters. The SMILES string of the molecule is O=C(CCc1ccc(CCCNCCC(c2ccc(Cl)cc2)c2ccc(Cl)cc2)cc1)C(F)(F)F. The minimum atomic E-state index is -4.75. The average molecular weight is 522 g/mol. The summed E-state index contributed by atoms with van der Waals surface area (Å²) in [4.78, 5) is 11.0. The largest absolute Gasteiger partial charge is 0.449 e. The summed E-state index contributed by atoms with van der Waals surface area (Å²) in [5, 5.41) is 4.94. The maximum Gasteiger partial charge on any atom is 0.449 e. The summed E-state index contributed by atoms with van der Waals surface area (Å²) in [5.74, 6) is -1.45. The van der Waals surface area contributed by atoms with Crippen LogP contribution in [-0.4, -0.2) is 25.0 Å². The van der Waals surface area contributed by atoms with Gasteiger partial charge in [-0.1, -0.05) is 71.7 Å². The number of carbonyl (C=O) groups excluding carboxylic acids is 1. The quantitative estimate of drug-likeness (QED) is 0.246. The first kappa shape index (κ1) is 27.3. The van der Waals surface area contributed by atoms with Gasteiger partial charge >= 0.3 is 6.18 Å². The van der Waals surface area contributed by atoms with Crippen molar-refractivity contribution >= 4 is 29.0 Å². The number of aryl methyl sites for hydroxylation is 2. The molecule has 7 heteroatoms. The highest BCUT2D eigenvalue weighted by Crippen LogP contribution is 2.29. The second-order valence-corrected chi connectivity index (χ2v) is 9.41. The molecule has 0 bridgehead atoms. The highest BCUT2D eigenvalue weighted by atomic mass is 35.5. The van der Waals surface area contributed by atoms with E-state index in [-0.39, 0.29) is 12.3 Å². The molecule has 0 fully saturated rings. The number of alkyl halides is 3. The minimum absolute atomic E-state index is 0.0998. The number of benzene rings is 3. The van der Waals surface area contributed by atoms with Crippen molar-refractivity contribution in [1.29, 1.82) is 0 Å². The van der Waals surface area contributed by atoms with Gasteiger partial charge in [0, 0.05) is 22.4 Å². The molecular formula is C28H28Cl2F3NO. The first-order valence-electron chi connectivity index (χ1n) is 11.6. The Bertz CT molecular complexity index is 1020. The fourth-order valence-electron chi connectivity index (χ4n) is 3.98. The summed E-state index contributed by atoms with van der Waals surface area (Å²) in [6.45, 7) is 1.71. The number of halogens is 5. The molecule has 1 N–H and O–H groups in total. The molecule has 35 heavy (non-hydrogen) atoms. The molecular weight excluding hydrogens is 494 g/mol. The maximum absolute atomic E-state index is 12.3. The van der Waals surface area contributed by atoms with Gasteiger partial charge in [0.1, 0.15) is 0 Å². The lowest BCUT2D eigenvalue weighted by Gasteiger charge is -2.19. The topological polar surface area (TPSA) is 29.1 Å². The Hall–Kier alpha value is -2.34. The Morgan fingerprint density at radius 1 is 0.743 bits per heavy atom. The van der Waals surface area contributed by atoms with Crippen LogP contribution in [0.4, 0.5) is 13.2 Å². The molecule has 3 aromatic rings. The van der Waals surface area contributed by atoms with E-state index in [0.717, 1.165) is 43.5 Å². The van der Waals surface area contributed by atoms with Crippen LogP contribution >= 0.6 is 23.2 Å². The van der Waals surface area contributed by atoms with E-state index in [1.54, 1.807) is 12.1 Å². The molecule has 0 aliphatic rings. The van der Waals surface area contributed by atoms with Crippen LogP contribution in [0.1, 0.15) is 47.4 Å². The molecule has 0 aromatic heterocycles. The van der Waals surface area contributed by atoms with Gasteiger partial charge in [-0.3, -0.25) is 4.79 Å². The van der Waals surface area contributed by atoms with Gasteiger partial charge in [0.2, 0.25) is 5.78 Å². The molecule has 0 aliphatic heterocycles. The second kappa shape index (κ2) is 13.1. The highest BCUT2D eigenvalue weighted by molar-refractivity contribution is 6.30. The van der Waals surface area contributed by atoms with Crippen LogP contribution in [0.2, 0.25) is 10.0 Å². The number of ketones is 1. The lowest BCUT2D eigenvalue weighted by molar-refractivity contribution is -0.171. The average Bonchev–Trinajstić information content (AvgIpc) is 2.84. The maximum atomic E-state index is 12.3. The number of rotatable bonds is 12. The Morgan fingerprint density at radius 3 is 1.71 bits per heavy atom. The van der Waals surface area contributed by atoms with E-state index < -0.39 is 18.4 Å². The number of carbonyl (C=O) groups is 1. The fourth-order valence-corrected chi connectivity index (χ4v) is 4.23. The van der Waals surface area contributed by atoms with E-state index in [1.165, 1.54) is 11.1 Å². The number of hydrogen-bond acceptors (Lipinski definition) is 2. The smallest absolute Gasteiger partial charge is 0.317 e. The van der Waals surface area contributed by atoms with E-state index in [4.69, 9.17) is 23.2 Å². The molecule has 186 valence electrons. The molecule has 0 amide bonds. The summed E-state index contributed by atoms with van der Waals surface area (Å²) in [6.07, 6.45) is -2.43. The first-order valence-corrected chi connectivity index (χ1v) is 12.4.